The molecule has 0 bridgehead atoms. The summed E-state index contributed by atoms with van der Waals surface area (Å²) < 4.78 is 0. The van der Waals surface area contributed by atoms with Crippen LogP contribution in [-0.2, 0) is 4.79 Å². The highest BCUT2D eigenvalue weighted by Gasteiger charge is 2.44. The molecule has 0 aliphatic heterocycles. The van der Waals surface area contributed by atoms with Gasteiger partial charge < -0.3 is 11.1 Å². The van der Waals surface area contributed by atoms with Gasteiger partial charge in [-0.25, -0.2) is 0 Å². The molecule has 4 nitrogen and oxygen atoms in total. The summed E-state index contributed by atoms with van der Waals surface area (Å²) in [6, 6.07) is 10.0. The minimum Gasteiger partial charge on any atom is -0.365 e. The number of hydrogen-bond acceptors (Lipinski definition) is 3. The Kier molecular flexibility index (Phi) is 3.74. The second-order valence-electron chi connectivity index (χ2n) is 5.70. The largest absolute Gasteiger partial charge is 0.365 e. The zero-order valence-electron chi connectivity index (χ0n) is 12.6. The number of carbonyl (C=O) groups excluding carboxylic acids is 2. The van der Waals surface area contributed by atoms with Crippen molar-refractivity contribution < 1.29 is 9.59 Å². The average Bonchev–Trinajstić information content (AvgIpc) is 3.23. The molecule has 1 aliphatic rings. The van der Waals surface area contributed by atoms with Crippen LogP contribution in [0.2, 0.25) is 0 Å². The summed E-state index contributed by atoms with van der Waals surface area (Å²) in [7, 11) is 0. The van der Waals surface area contributed by atoms with Crippen LogP contribution in [-0.4, -0.2) is 11.8 Å². The first-order valence-corrected chi connectivity index (χ1v) is 8.06. The van der Waals surface area contributed by atoms with Gasteiger partial charge in [-0.1, -0.05) is 30.3 Å². The van der Waals surface area contributed by atoms with E-state index < -0.39 is 5.91 Å². The number of nitrogens with one attached hydrogen (secondary N) is 1. The fourth-order valence-corrected chi connectivity index (χ4v) is 3.84. The normalized spacial score (nSPS) is 19.7. The maximum Gasteiger partial charge on any atom is 0.251 e. The molecule has 1 aromatic carbocycles. The van der Waals surface area contributed by atoms with Crippen molar-refractivity contribution >= 4 is 28.2 Å². The number of nitrogens with two attached hydrogens (primary N) is 1. The maximum atomic E-state index is 12.4. The molecule has 0 spiro atoms. The van der Waals surface area contributed by atoms with Crippen molar-refractivity contribution in [3.63, 3.8) is 0 Å². The number of carbonyl (C=O) groups is 2. The number of amides is 2. The molecule has 2 atom stereocenters. The molecule has 2 aromatic rings. The van der Waals surface area contributed by atoms with Gasteiger partial charge in [-0.15, -0.1) is 11.3 Å². The van der Waals surface area contributed by atoms with Gasteiger partial charge in [0.1, 0.15) is 5.00 Å². The molecule has 1 heterocycles. The van der Waals surface area contributed by atoms with Crippen molar-refractivity contribution in [3.8, 4) is 0 Å². The smallest absolute Gasteiger partial charge is 0.251 e. The standard InChI is InChI=1S/C17H18N2O2S/c1-9-10(2)22-17(14(9)15(18)20)19-16(21)13-8-12(13)11-6-4-3-5-7-11/h3-7,12-13H,8H2,1-2H3,(H2,18,20)(H,19,21)/t12-,13+/m1/s1. The van der Waals surface area contributed by atoms with E-state index in [0.29, 0.717) is 10.6 Å². The summed E-state index contributed by atoms with van der Waals surface area (Å²) in [6.07, 6.45) is 0.852. The van der Waals surface area contributed by atoms with Crippen molar-refractivity contribution in [1.29, 1.82) is 0 Å². The summed E-state index contributed by atoms with van der Waals surface area (Å²) in [4.78, 5) is 25.0. The Balaban J connectivity index is 1.74. The number of aryl methyl sites for hydroxylation is 1. The van der Waals surface area contributed by atoms with Gasteiger partial charge >= 0.3 is 0 Å². The molecule has 1 aliphatic carbocycles. The Labute approximate surface area is 133 Å². The fourth-order valence-electron chi connectivity index (χ4n) is 2.77. The number of primary amides is 1. The van der Waals surface area contributed by atoms with Crippen molar-refractivity contribution in [2.24, 2.45) is 11.7 Å². The first-order chi connectivity index (χ1) is 10.5. The Morgan fingerprint density at radius 3 is 2.55 bits per heavy atom. The quantitative estimate of drug-likeness (QED) is 0.909. The van der Waals surface area contributed by atoms with E-state index in [4.69, 9.17) is 5.73 Å². The first kappa shape index (κ1) is 14.8. The fraction of sp³-hybridized carbons (Fsp3) is 0.294. The van der Waals surface area contributed by atoms with Gasteiger partial charge in [-0.05, 0) is 37.3 Å². The number of anilines is 1. The van der Waals surface area contributed by atoms with E-state index in [1.54, 1.807) is 0 Å². The lowest BCUT2D eigenvalue weighted by molar-refractivity contribution is -0.117. The zero-order chi connectivity index (χ0) is 15.9. The summed E-state index contributed by atoms with van der Waals surface area (Å²) in [5.41, 5.74) is 7.91. The van der Waals surface area contributed by atoms with Gasteiger partial charge in [0.15, 0.2) is 0 Å². The predicted molar refractivity (Wildman–Crippen MR) is 88.2 cm³/mol. The molecule has 22 heavy (non-hydrogen) atoms. The van der Waals surface area contributed by atoms with E-state index in [2.05, 4.69) is 5.32 Å². The van der Waals surface area contributed by atoms with Crippen LogP contribution in [0.3, 0.4) is 0 Å². The third-order valence-electron chi connectivity index (χ3n) is 4.22. The lowest BCUT2D eigenvalue weighted by atomic mass is 10.1. The van der Waals surface area contributed by atoms with Crippen LogP contribution in [0.25, 0.3) is 0 Å². The van der Waals surface area contributed by atoms with Gasteiger partial charge in [0.05, 0.1) is 5.56 Å². The van der Waals surface area contributed by atoms with Crippen molar-refractivity contribution in [1.82, 2.24) is 0 Å². The molecule has 1 fully saturated rings. The van der Waals surface area contributed by atoms with Crippen LogP contribution < -0.4 is 11.1 Å². The molecular formula is C17H18N2O2S. The maximum absolute atomic E-state index is 12.4. The molecule has 3 N–H and O–H groups in total. The first-order valence-electron chi connectivity index (χ1n) is 7.24. The Morgan fingerprint density at radius 2 is 1.91 bits per heavy atom. The van der Waals surface area contributed by atoms with E-state index >= 15 is 0 Å². The molecule has 0 saturated heterocycles. The third-order valence-corrected chi connectivity index (χ3v) is 5.35. The van der Waals surface area contributed by atoms with Crippen LogP contribution in [0, 0.1) is 19.8 Å². The van der Waals surface area contributed by atoms with Crippen LogP contribution in [0.15, 0.2) is 30.3 Å². The van der Waals surface area contributed by atoms with E-state index in [1.165, 1.54) is 16.9 Å². The van der Waals surface area contributed by atoms with Gasteiger partial charge in [-0.2, -0.15) is 0 Å². The van der Waals surface area contributed by atoms with Crippen LogP contribution in [0.4, 0.5) is 5.00 Å². The van der Waals surface area contributed by atoms with Gasteiger partial charge in [0, 0.05) is 10.8 Å². The summed E-state index contributed by atoms with van der Waals surface area (Å²) in [6.45, 7) is 3.78. The highest BCUT2D eigenvalue weighted by Crippen LogP contribution is 2.48. The molecule has 1 saturated carbocycles. The Bertz CT molecular complexity index is 737. The molecule has 0 unspecified atom stereocenters. The van der Waals surface area contributed by atoms with Gasteiger partial charge in [0.25, 0.3) is 5.91 Å². The van der Waals surface area contributed by atoms with E-state index in [0.717, 1.165) is 16.9 Å². The summed E-state index contributed by atoms with van der Waals surface area (Å²) >= 11 is 1.41. The van der Waals surface area contributed by atoms with E-state index in [-0.39, 0.29) is 17.7 Å². The summed E-state index contributed by atoms with van der Waals surface area (Å²) in [5, 5.41) is 3.47. The van der Waals surface area contributed by atoms with Gasteiger partial charge in [-0.3, -0.25) is 9.59 Å². The van der Waals surface area contributed by atoms with Crippen LogP contribution in [0.5, 0.6) is 0 Å². The number of rotatable bonds is 4. The topological polar surface area (TPSA) is 72.2 Å². The van der Waals surface area contributed by atoms with Crippen LogP contribution in [0.1, 0.15) is 38.7 Å². The second kappa shape index (κ2) is 5.57. The van der Waals surface area contributed by atoms with E-state index in [1.807, 2.05) is 44.2 Å². The lowest BCUT2D eigenvalue weighted by Crippen LogP contribution is -2.18. The summed E-state index contributed by atoms with van der Waals surface area (Å²) in [5.74, 6) is -0.267. The Morgan fingerprint density at radius 1 is 1.23 bits per heavy atom. The molecule has 114 valence electrons. The van der Waals surface area contributed by atoms with Crippen LogP contribution >= 0.6 is 11.3 Å². The van der Waals surface area contributed by atoms with Gasteiger partial charge in [0.2, 0.25) is 5.91 Å². The average molecular weight is 314 g/mol. The molecular weight excluding hydrogens is 296 g/mol. The molecule has 5 heteroatoms. The molecule has 3 rings (SSSR count). The SMILES string of the molecule is Cc1sc(NC(=O)[C@H]2C[C@@H]2c2ccccc2)c(C(N)=O)c1C. The lowest BCUT2D eigenvalue weighted by Gasteiger charge is -2.05. The van der Waals surface area contributed by atoms with Crippen molar-refractivity contribution in [3.05, 3.63) is 51.9 Å². The number of hydrogen-bond donors (Lipinski definition) is 2. The Hall–Kier alpha value is -2.14. The minimum atomic E-state index is -0.493. The van der Waals surface area contributed by atoms with Crippen molar-refractivity contribution in [2.45, 2.75) is 26.2 Å². The molecule has 0 radical (unpaired) electrons. The monoisotopic (exact) mass is 314 g/mol. The van der Waals surface area contributed by atoms with Crippen molar-refractivity contribution in [2.75, 3.05) is 5.32 Å². The predicted octanol–water partition coefficient (Wildman–Crippen LogP) is 3.21. The third kappa shape index (κ3) is 2.64. The minimum absolute atomic E-state index is 0.0224. The molecule has 2 amide bonds. The number of benzene rings is 1. The zero-order valence-corrected chi connectivity index (χ0v) is 13.4. The van der Waals surface area contributed by atoms with E-state index in [9.17, 15) is 9.59 Å². The number of thiophene rings is 1. The highest BCUT2D eigenvalue weighted by atomic mass is 32.1. The molecule has 1 aromatic heterocycles. The second-order valence-corrected chi connectivity index (χ2v) is 6.92. The highest BCUT2D eigenvalue weighted by molar-refractivity contribution is 7.16.